The van der Waals surface area contributed by atoms with Crippen LogP contribution in [-0.4, -0.2) is 18.7 Å². The Labute approximate surface area is 177 Å². The Kier molecular flexibility index (Phi) is 7.47. The van der Waals surface area contributed by atoms with Gasteiger partial charge in [-0.05, 0) is 36.8 Å². The van der Waals surface area contributed by atoms with Gasteiger partial charge in [-0.1, -0.05) is 60.7 Å². The third-order valence-corrected chi connectivity index (χ3v) is 4.75. The summed E-state index contributed by atoms with van der Waals surface area (Å²) in [7, 11) is 1.67. The molecule has 0 amide bonds. The second-order valence-corrected chi connectivity index (χ2v) is 6.77. The van der Waals surface area contributed by atoms with Crippen molar-refractivity contribution in [2.45, 2.75) is 20.1 Å². The van der Waals surface area contributed by atoms with Gasteiger partial charge in [-0.15, -0.1) is 0 Å². The van der Waals surface area contributed by atoms with Gasteiger partial charge >= 0.3 is 0 Å². The lowest BCUT2D eigenvalue weighted by Crippen LogP contribution is -2.22. The summed E-state index contributed by atoms with van der Waals surface area (Å²) in [5, 5.41) is 3.29. The summed E-state index contributed by atoms with van der Waals surface area (Å²) in [6.45, 7) is 3.56. The van der Waals surface area contributed by atoms with Crippen molar-refractivity contribution in [3.05, 3.63) is 89.5 Å². The predicted octanol–water partition coefficient (Wildman–Crippen LogP) is 5.14. The summed E-state index contributed by atoms with van der Waals surface area (Å²) < 4.78 is 17.1. The number of nitrogens with one attached hydrogen (secondary N) is 1. The van der Waals surface area contributed by atoms with Crippen LogP contribution in [0.1, 0.15) is 23.6 Å². The van der Waals surface area contributed by atoms with Crippen molar-refractivity contribution < 1.29 is 14.2 Å². The lowest BCUT2D eigenvalue weighted by Gasteiger charge is -2.15. The molecule has 0 fully saturated rings. The highest BCUT2D eigenvalue weighted by Gasteiger charge is 2.11. The largest absolute Gasteiger partial charge is 0.496 e. The zero-order valence-electron chi connectivity index (χ0n) is 16.7. The average Bonchev–Trinajstić information content (AvgIpc) is 2.77. The van der Waals surface area contributed by atoms with Gasteiger partial charge in [0.25, 0.3) is 0 Å². The van der Waals surface area contributed by atoms with E-state index in [0.717, 1.165) is 22.4 Å². The van der Waals surface area contributed by atoms with E-state index in [1.807, 2.05) is 79.7 Å². The molecule has 1 N–H and O–H groups in total. The standard InChI is InChI=1S/C24H25NO3S/c1-3-27-23-15-19(13-14-22(23)28-17-18-9-5-4-6-10-18)24(29)25-16-20-11-7-8-12-21(20)26-2/h4-15H,3,16-17H2,1-2H3,(H,25,29). The maximum absolute atomic E-state index is 5.96. The first kappa shape index (κ1) is 20.7. The molecular weight excluding hydrogens is 382 g/mol. The fourth-order valence-electron chi connectivity index (χ4n) is 2.90. The summed E-state index contributed by atoms with van der Waals surface area (Å²) in [5.41, 5.74) is 3.03. The molecule has 4 nitrogen and oxygen atoms in total. The summed E-state index contributed by atoms with van der Waals surface area (Å²) in [6, 6.07) is 23.7. The third kappa shape index (κ3) is 5.72. The number of para-hydroxylation sites is 1. The lowest BCUT2D eigenvalue weighted by atomic mass is 10.1. The topological polar surface area (TPSA) is 39.7 Å². The number of benzene rings is 3. The van der Waals surface area contributed by atoms with Gasteiger partial charge in [0.15, 0.2) is 11.5 Å². The fourth-order valence-corrected chi connectivity index (χ4v) is 3.10. The molecule has 0 aromatic heterocycles. The number of thiocarbonyl (C=S) groups is 1. The number of ether oxygens (including phenoxy) is 3. The van der Waals surface area contributed by atoms with Crippen molar-refractivity contribution in [3.8, 4) is 17.2 Å². The monoisotopic (exact) mass is 407 g/mol. The molecule has 0 aliphatic carbocycles. The Bertz CT molecular complexity index is 944. The molecule has 0 radical (unpaired) electrons. The van der Waals surface area contributed by atoms with Crippen LogP contribution in [0, 0.1) is 0 Å². The van der Waals surface area contributed by atoms with Crippen molar-refractivity contribution in [3.63, 3.8) is 0 Å². The van der Waals surface area contributed by atoms with Gasteiger partial charge in [-0.3, -0.25) is 0 Å². The molecule has 3 aromatic rings. The van der Waals surface area contributed by atoms with E-state index in [4.69, 9.17) is 26.4 Å². The Morgan fingerprint density at radius 1 is 0.862 bits per heavy atom. The Balaban J connectivity index is 1.68. The Morgan fingerprint density at radius 2 is 1.62 bits per heavy atom. The zero-order chi connectivity index (χ0) is 20.5. The van der Waals surface area contributed by atoms with Gasteiger partial charge in [-0.2, -0.15) is 0 Å². The smallest absolute Gasteiger partial charge is 0.161 e. The van der Waals surface area contributed by atoms with Crippen LogP contribution in [0.5, 0.6) is 17.2 Å². The predicted molar refractivity (Wildman–Crippen MR) is 120 cm³/mol. The molecule has 0 heterocycles. The number of rotatable bonds is 9. The molecule has 0 saturated heterocycles. The molecule has 0 saturated carbocycles. The summed E-state index contributed by atoms with van der Waals surface area (Å²) in [6.07, 6.45) is 0. The third-order valence-electron chi connectivity index (χ3n) is 4.37. The molecule has 5 heteroatoms. The minimum absolute atomic E-state index is 0.483. The van der Waals surface area contributed by atoms with Crippen molar-refractivity contribution in [1.82, 2.24) is 5.32 Å². The van der Waals surface area contributed by atoms with Crippen LogP contribution >= 0.6 is 12.2 Å². The van der Waals surface area contributed by atoms with Crippen molar-refractivity contribution in [1.29, 1.82) is 0 Å². The average molecular weight is 408 g/mol. The van der Waals surface area contributed by atoms with Crippen LogP contribution in [0.2, 0.25) is 0 Å². The Morgan fingerprint density at radius 3 is 2.38 bits per heavy atom. The minimum atomic E-state index is 0.483. The van der Waals surface area contributed by atoms with E-state index >= 15 is 0 Å². The van der Waals surface area contributed by atoms with Crippen LogP contribution < -0.4 is 19.5 Å². The van der Waals surface area contributed by atoms with Crippen LogP contribution in [0.4, 0.5) is 0 Å². The van der Waals surface area contributed by atoms with Crippen molar-refractivity contribution >= 4 is 17.2 Å². The highest BCUT2D eigenvalue weighted by Crippen LogP contribution is 2.29. The lowest BCUT2D eigenvalue weighted by molar-refractivity contribution is 0.269. The number of hydrogen-bond acceptors (Lipinski definition) is 4. The highest BCUT2D eigenvalue weighted by molar-refractivity contribution is 7.80. The molecule has 3 aromatic carbocycles. The van der Waals surface area contributed by atoms with E-state index in [2.05, 4.69) is 5.32 Å². The molecule has 0 unspecified atom stereocenters. The first-order chi connectivity index (χ1) is 14.2. The molecule has 29 heavy (non-hydrogen) atoms. The van der Waals surface area contributed by atoms with Gasteiger partial charge in [0.05, 0.1) is 13.7 Å². The molecule has 3 rings (SSSR count). The molecule has 0 spiro atoms. The van der Waals surface area contributed by atoms with Crippen molar-refractivity contribution in [2.24, 2.45) is 0 Å². The van der Waals surface area contributed by atoms with Crippen molar-refractivity contribution in [2.75, 3.05) is 13.7 Å². The number of hydrogen-bond donors (Lipinski definition) is 1. The maximum Gasteiger partial charge on any atom is 0.161 e. The van der Waals surface area contributed by atoms with Crippen LogP contribution in [0.3, 0.4) is 0 Å². The van der Waals surface area contributed by atoms with Gasteiger partial charge in [-0.25, -0.2) is 0 Å². The quantitative estimate of drug-likeness (QED) is 0.498. The van der Waals surface area contributed by atoms with Crippen LogP contribution in [-0.2, 0) is 13.2 Å². The van der Waals surface area contributed by atoms with E-state index in [0.29, 0.717) is 36.2 Å². The molecule has 150 valence electrons. The SMILES string of the molecule is CCOc1cc(C(=S)NCc2ccccc2OC)ccc1OCc1ccccc1. The van der Waals surface area contributed by atoms with E-state index in [1.54, 1.807) is 7.11 Å². The van der Waals surface area contributed by atoms with Gasteiger partial charge in [0.1, 0.15) is 17.3 Å². The first-order valence-corrected chi connectivity index (χ1v) is 9.95. The maximum atomic E-state index is 5.96. The second kappa shape index (κ2) is 10.5. The second-order valence-electron chi connectivity index (χ2n) is 6.36. The summed E-state index contributed by atoms with van der Waals surface area (Å²) in [4.78, 5) is 0.645. The number of methoxy groups -OCH3 is 1. The molecule has 0 aliphatic heterocycles. The Hall–Kier alpha value is -3.05. The van der Waals surface area contributed by atoms with E-state index < -0.39 is 0 Å². The first-order valence-electron chi connectivity index (χ1n) is 9.55. The van der Waals surface area contributed by atoms with Crippen LogP contribution in [0.25, 0.3) is 0 Å². The van der Waals surface area contributed by atoms with Gasteiger partial charge in [0, 0.05) is 17.7 Å². The summed E-state index contributed by atoms with van der Waals surface area (Å²) in [5.74, 6) is 2.22. The highest BCUT2D eigenvalue weighted by atomic mass is 32.1. The van der Waals surface area contributed by atoms with Gasteiger partial charge in [0.2, 0.25) is 0 Å². The van der Waals surface area contributed by atoms with E-state index in [1.165, 1.54) is 0 Å². The molecule has 0 bridgehead atoms. The fraction of sp³-hybridized carbons (Fsp3) is 0.208. The normalized spacial score (nSPS) is 10.3. The van der Waals surface area contributed by atoms with Gasteiger partial charge < -0.3 is 19.5 Å². The minimum Gasteiger partial charge on any atom is -0.496 e. The molecule has 0 aliphatic rings. The molecular formula is C24H25NO3S. The summed E-state index contributed by atoms with van der Waals surface area (Å²) >= 11 is 5.58. The van der Waals surface area contributed by atoms with Crippen LogP contribution in [0.15, 0.2) is 72.8 Å². The zero-order valence-corrected chi connectivity index (χ0v) is 17.5. The van der Waals surface area contributed by atoms with E-state index in [9.17, 15) is 0 Å². The molecule has 0 atom stereocenters. The van der Waals surface area contributed by atoms with E-state index in [-0.39, 0.29) is 0 Å².